The van der Waals surface area contributed by atoms with Gasteiger partial charge in [0, 0.05) is 6.04 Å². The number of aromatic nitrogens is 3. The number of nitrogens with zero attached hydrogens (tertiary/aromatic N) is 2. The average molecular weight is 234 g/mol. The van der Waals surface area contributed by atoms with E-state index in [0.717, 1.165) is 11.8 Å². The Hall–Kier alpha value is -1.26. The van der Waals surface area contributed by atoms with E-state index in [1.807, 2.05) is 0 Å². The monoisotopic (exact) mass is 234 g/mol. The van der Waals surface area contributed by atoms with E-state index in [9.17, 15) is 4.79 Å². The van der Waals surface area contributed by atoms with Crippen molar-refractivity contribution in [2.45, 2.75) is 38.1 Å². The molecule has 1 heterocycles. The number of hydrogen-bond acceptors (Lipinski definition) is 3. The summed E-state index contributed by atoms with van der Waals surface area (Å²) in [5.74, 6) is 3.51. The Morgan fingerprint density at radius 3 is 2.18 bits per heavy atom. The van der Waals surface area contributed by atoms with Crippen LogP contribution in [-0.2, 0) is 0 Å². The molecule has 92 valence electrons. The Balaban J connectivity index is 1.78. The summed E-state index contributed by atoms with van der Waals surface area (Å²) in [7, 11) is 0. The molecule has 0 amide bonds. The third-order valence-electron chi connectivity index (χ3n) is 5.21. The van der Waals surface area contributed by atoms with Gasteiger partial charge in [0.2, 0.25) is 5.95 Å². The van der Waals surface area contributed by atoms with Crippen LogP contribution in [-0.4, -0.2) is 14.8 Å². The quantitative estimate of drug-likeness (QED) is 0.765. The van der Waals surface area contributed by atoms with Crippen LogP contribution in [0.15, 0.2) is 4.79 Å². The zero-order chi connectivity index (χ0) is 11.6. The van der Waals surface area contributed by atoms with E-state index in [0.29, 0.717) is 23.8 Å². The molecular formula is C12H18N4O. The number of hydrogen-bond donors (Lipinski definition) is 2. The van der Waals surface area contributed by atoms with Crippen molar-refractivity contribution in [3.63, 3.8) is 0 Å². The van der Waals surface area contributed by atoms with E-state index in [1.165, 1.54) is 32.1 Å². The fraction of sp³-hybridized carbons (Fsp3) is 0.833. The lowest BCUT2D eigenvalue weighted by Crippen LogP contribution is -2.48. The highest BCUT2D eigenvalue weighted by molar-refractivity contribution is 5.17. The highest BCUT2D eigenvalue weighted by Gasteiger charge is 2.49. The van der Waals surface area contributed by atoms with Gasteiger partial charge in [0.25, 0.3) is 0 Å². The standard InChI is InChI=1S/C12H18N4O/c13-11-14-15-12(17)16(11)10-8-2-6-1-7(4-8)5-9(10)3-6/h6-10H,1-5H2,(H2,13,14)(H,15,17). The number of nitrogen functional groups attached to an aromatic ring is 1. The van der Waals surface area contributed by atoms with E-state index in [4.69, 9.17) is 5.73 Å². The van der Waals surface area contributed by atoms with Crippen molar-refractivity contribution in [2.75, 3.05) is 5.73 Å². The Labute approximate surface area is 99.4 Å². The van der Waals surface area contributed by atoms with Crippen molar-refractivity contribution >= 4 is 5.95 Å². The van der Waals surface area contributed by atoms with Gasteiger partial charge in [-0.1, -0.05) is 0 Å². The average Bonchev–Trinajstić information content (AvgIpc) is 2.59. The molecule has 0 aromatic carbocycles. The van der Waals surface area contributed by atoms with Crippen molar-refractivity contribution < 1.29 is 0 Å². The highest BCUT2D eigenvalue weighted by Crippen LogP contribution is 2.58. The molecule has 0 unspecified atom stereocenters. The molecule has 17 heavy (non-hydrogen) atoms. The molecule has 4 aliphatic rings. The molecule has 5 nitrogen and oxygen atoms in total. The fourth-order valence-corrected chi connectivity index (χ4v) is 4.92. The molecule has 0 atom stereocenters. The fourth-order valence-electron chi connectivity index (χ4n) is 4.92. The van der Waals surface area contributed by atoms with Crippen LogP contribution < -0.4 is 11.4 Å². The van der Waals surface area contributed by atoms with Crippen LogP contribution in [0.4, 0.5) is 5.95 Å². The third-order valence-corrected chi connectivity index (χ3v) is 5.21. The van der Waals surface area contributed by atoms with Gasteiger partial charge in [0.1, 0.15) is 0 Å². The summed E-state index contributed by atoms with van der Waals surface area (Å²) < 4.78 is 1.73. The van der Waals surface area contributed by atoms with Crippen LogP contribution >= 0.6 is 0 Å². The zero-order valence-corrected chi connectivity index (χ0v) is 9.80. The van der Waals surface area contributed by atoms with Crippen molar-refractivity contribution in [3.8, 4) is 0 Å². The first-order valence-electron chi connectivity index (χ1n) is 6.64. The lowest BCUT2D eigenvalue weighted by atomic mass is 9.54. The first-order valence-corrected chi connectivity index (χ1v) is 6.64. The molecule has 0 radical (unpaired) electrons. The molecule has 0 aliphatic heterocycles. The lowest BCUT2D eigenvalue weighted by Gasteiger charge is -2.54. The molecule has 0 spiro atoms. The van der Waals surface area contributed by atoms with Crippen LogP contribution in [0.5, 0.6) is 0 Å². The molecule has 4 saturated carbocycles. The summed E-state index contributed by atoms with van der Waals surface area (Å²) in [6.07, 6.45) is 6.57. The molecule has 1 aromatic heterocycles. The first-order chi connectivity index (χ1) is 8.22. The minimum Gasteiger partial charge on any atom is -0.368 e. The SMILES string of the molecule is Nc1n[nH]c(=O)n1C1C2CC3CC(C2)CC1C3. The summed E-state index contributed by atoms with van der Waals surface area (Å²) in [5.41, 5.74) is 5.72. The normalized spacial score (nSPS) is 43.2. The second-order valence-corrected chi connectivity index (χ2v) is 6.18. The second kappa shape index (κ2) is 3.15. The predicted octanol–water partition coefficient (Wildman–Crippen LogP) is 1.15. The maximum Gasteiger partial charge on any atom is 0.345 e. The summed E-state index contributed by atoms with van der Waals surface area (Å²) in [6.45, 7) is 0. The minimum atomic E-state index is -0.125. The second-order valence-electron chi connectivity index (χ2n) is 6.18. The predicted molar refractivity (Wildman–Crippen MR) is 63.3 cm³/mol. The number of rotatable bonds is 1. The van der Waals surface area contributed by atoms with E-state index < -0.39 is 0 Å². The van der Waals surface area contributed by atoms with E-state index in [1.54, 1.807) is 4.57 Å². The number of nitrogens with two attached hydrogens (primary N) is 1. The van der Waals surface area contributed by atoms with Gasteiger partial charge in [-0.2, -0.15) is 0 Å². The maximum atomic E-state index is 11.8. The van der Waals surface area contributed by atoms with Crippen molar-refractivity contribution in [1.82, 2.24) is 14.8 Å². The van der Waals surface area contributed by atoms with Gasteiger partial charge >= 0.3 is 5.69 Å². The molecule has 5 heteroatoms. The summed E-state index contributed by atoms with van der Waals surface area (Å²) in [4.78, 5) is 11.8. The van der Waals surface area contributed by atoms with Crippen LogP contribution in [0.1, 0.15) is 38.1 Å². The third kappa shape index (κ3) is 1.25. The molecule has 4 bridgehead atoms. The van der Waals surface area contributed by atoms with Gasteiger partial charge < -0.3 is 5.73 Å². The van der Waals surface area contributed by atoms with Gasteiger partial charge in [-0.05, 0) is 55.8 Å². The molecule has 1 aromatic rings. The molecular weight excluding hydrogens is 216 g/mol. The van der Waals surface area contributed by atoms with Crippen molar-refractivity contribution in [1.29, 1.82) is 0 Å². The molecule has 5 rings (SSSR count). The summed E-state index contributed by atoms with van der Waals surface area (Å²) >= 11 is 0. The topological polar surface area (TPSA) is 76.7 Å². The van der Waals surface area contributed by atoms with Gasteiger partial charge in [-0.3, -0.25) is 4.57 Å². The van der Waals surface area contributed by atoms with Crippen molar-refractivity contribution in [2.24, 2.45) is 23.7 Å². The number of aromatic amines is 1. The van der Waals surface area contributed by atoms with Crippen LogP contribution in [0, 0.1) is 23.7 Å². The smallest absolute Gasteiger partial charge is 0.345 e. The maximum absolute atomic E-state index is 11.8. The molecule has 4 fully saturated rings. The van der Waals surface area contributed by atoms with E-state index in [2.05, 4.69) is 10.2 Å². The van der Waals surface area contributed by atoms with Crippen LogP contribution in [0.2, 0.25) is 0 Å². The summed E-state index contributed by atoms with van der Waals surface area (Å²) in [6, 6.07) is 0.314. The molecule has 0 saturated heterocycles. The van der Waals surface area contributed by atoms with Crippen LogP contribution in [0.25, 0.3) is 0 Å². The first kappa shape index (κ1) is 9.74. The van der Waals surface area contributed by atoms with Gasteiger partial charge in [-0.25, -0.2) is 9.89 Å². The Morgan fingerprint density at radius 2 is 1.71 bits per heavy atom. The van der Waals surface area contributed by atoms with Gasteiger partial charge in [0.15, 0.2) is 0 Å². The Kier molecular flexibility index (Phi) is 1.80. The zero-order valence-electron chi connectivity index (χ0n) is 9.80. The Bertz CT molecular complexity index is 475. The van der Waals surface area contributed by atoms with Crippen LogP contribution in [0.3, 0.4) is 0 Å². The highest BCUT2D eigenvalue weighted by atomic mass is 16.1. The minimum absolute atomic E-state index is 0.125. The van der Waals surface area contributed by atoms with Crippen molar-refractivity contribution in [3.05, 3.63) is 10.5 Å². The largest absolute Gasteiger partial charge is 0.368 e. The summed E-state index contributed by atoms with van der Waals surface area (Å²) in [5, 5.41) is 6.33. The number of anilines is 1. The Morgan fingerprint density at radius 1 is 1.12 bits per heavy atom. The van der Waals surface area contributed by atoms with E-state index in [-0.39, 0.29) is 5.69 Å². The number of H-pyrrole nitrogens is 1. The number of nitrogens with one attached hydrogen (secondary N) is 1. The van der Waals surface area contributed by atoms with Gasteiger partial charge in [0.05, 0.1) is 0 Å². The van der Waals surface area contributed by atoms with Gasteiger partial charge in [-0.15, -0.1) is 5.10 Å². The molecule has 3 N–H and O–H groups in total. The van der Waals surface area contributed by atoms with E-state index >= 15 is 0 Å². The lowest BCUT2D eigenvalue weighted by molar-refractivity contribution is -0.0295. The molecule has 4 aliphatic carbocycles.